The number of halogens is 1. The zero-order valence-electron chi connectivity index (χ0n) is 11.2. The molecule has 0 spiro atoms. The first-order valence-electron chi connectivity index (χ1n) is 6.54. The summed E-state index contributed by atoms with van der Waals surface area (Å²) in [5.41, 5.74) is 0.733. The first-order chi connectivity index (χ1) is 8.77. The molecule has 0 radical (unpaired) electrons. The van der Waals surface area contributed by atoms with Crippen molar-refractivity contribution in [3.63, 3.8) is 0 Å². The number of aromatic nitrogens is 1. The number of carbonyl (C=O) groups is 1. The first kappa shape index (κ1) is 15.9. The van der Waals surface area contributed by atoms with Gasteiger partial charge in [-0.05, 0) is 50.4 Å². The molecule has 1 aliphatic rings. The largest absolute Gasteiger partial charge is 0.466 e. The second-order valence-electron chi connectivity index (χ2n) is 4.81. The summed E-state index contributed by atoms with van der Waals surface area (Å²) in [5, 5.41) is 3.32. The molecule has 1 fully saturated rings. The summed E-state index contributed by atoms with van der Waals surface area (Å²) >= 11 is 0. The van der Waals surface area contributed by atoms with Crippen molar-refractivity contribution in [2.45, 2.75) is 26.2 Å². The molecule has 2 heterocycles. The predicted octanol–water partition coefficient (Wildman–Crippen LogP) is 1.98. The number of hydrogen-bond acceptors (Lipinski definition) is 4. The van der Waals surface area contributed by atoms with Crippen LogP contribution in [0.3, 0.4) is 0 Å². The maximum absolute atomic E-state index is 12.2. The summed E-state index contributed by atoms with van der Waals surface area (Å²) in [6, 6.07) is 3.94. The number of piperidine rings is 1. The highest BCUT2D eigenvalue weighted by molar-refractivity contribution is 5.85. The average molecular weight is 285 g/mol. The smallest absolute Gasteiger partial charge is 0.313 e. The van der Waals surface area contributed by atoms with E-state index in [4.69, 9.17) is 4.74 Å². The number of hydrogen-bond donors (Lipinski definition) is 1. The van der Waals surface area contributed by atoms with Gasteiger partial charge in [-0.3, -0.25) is 9.78 Å². The van der Waals surface area contributed by atoms with E-state index in [1.165, 1.54) is 0 Å². The topological polar surface area (TPSA) is 51.2 Å². The monoisotopic (exact) mass is 284 g/mol. The van der Waals surface area contributed by atoms with Crippen molar-refractivity contribution in [2.75, 3.05) is 19.7 Å². The Hall–Kier alpha value is -1.13. The Kier molecular flexibility index (Phi) is 6.25. The van der Waals surface area contributed by atoms with E-state index < -0.39 is 5.41 Å². The molecule has 1 atom stereocenters. The SMILES string of the molecule is CCOC(=O)C1(Cc2ccncc2)CCCNC1.Cl. The number of rotatable bonds is 4. The normalized spacial score (nSPS) is 22.4. The molecule has 0 aromatic carbocycles. The van der Waals surface area contributed by atoms with Crippen LogP contribution in [0.5, 0.6) is 0 Å². The van der Waals surface area contributed by atoms with Crippen LogP contribution in [-0.2, 0) is 16.0 Å². The maximum atomic E-state index is 12.2. The molecule has 19 heavy (non-hydrogen) atoms. The number of pyridine rings is 1. The average Bonchev–Trinajstić information content (AvgIpc) is 2.41. The minimum Gasteiger partial charge on any atom is -0.466 e. The lowest BCUT2D eigenvalue weighted by molar-refractivity contribution is -0.156. The van der Waals surface area contributed by atoms with E-state index in [1.54, 1.807) is 12.4 Å². The first-order valence-corrected chi connectivity index (χ1v) is 6.54. The van der Waals surface area contributed by atoms with E-state index in [0.29, 0.717) is 13.2 Å². The summed E-state index contributed by atoms with van der Waals surface area (Å²) in [6.07, 6.45) is 6.17. The Morgan fingerprint density at radius 3 is 2.79 bits per heavy atom. The lowest BCUT2D eigenvalue weighted by atomic mass is 9.76. The minimum absolute atomic E-state index is 0. The quantitative estimate of drug-likeness (QED) is 0.859. The van der Waals surface area contributed by atoms with E-state index in [0.717, 1.165) is 31.4 Å². The molecule has 0 saturated carbocycles. The van der Waals surface area contributed by atoms with E-state index in [1.807, 2.05) is 19.1 Å². The fourth-order valence-corrected chi connectivity index (χ4v) is 2.54. The van der Waals surface area contributed by atoms with Gasteiger partial charge in [0.05, 0.1) is 12.0 Å². The number of carbonyl (C=O) groups excluding carboxylic acids is 1. The fourth-order valence-electron chi connectivity index (χ4n) is 2.54. The van der Waals surface area contributed by atoms with E-state index in [2.05, 4.69) is 10.3 Å². The second kappa shape index (κ2) is 7.46. The molecule has 1 aromatic heterocycles. The summed E-state index contributed by atoms with van der Waals surface area (Å²) in [4.78, 5) is 16.3. The van der Waals surface area contributed by atoms with Crippen LogP contribution < -0.4 is 5.32 Å². The Morgan fingerprint density at radius 2 is 2.21 bits per heavy atom. The third-order valence-electron chi connectivity index (χ3n) is 3.47. The molecule has 4 nitrogen and oxygen atoms in total. The number of nitrogens with zero attached hydrogens (tertiary/aromatic N) is 1. The fraction of sp³-hybridized carbons (Fsp3) is 0.571. The zero-order valence-corrected chi connectivity index (χ0v) is 12.0. The Balaban J connectivity index is 0.00000180. The highest BCUT2D eigenvalue weighted by atomic mass is 35.5. The van der Waals surface area contributed by atoms with Gasteiger partial charge in [0.1, 0.15) is 0 Å². The highest BCUT2D eigenvalue weighted by Crippen LogP contribution is 2.32. The van der Waals surface area contributed by atoms with Crippen LogP contribution in [0.4, 0.5) is 0 Å². The molecule has 1 aromatic rings. The van der Waals surface area contributed by atoms with Crippen molar-refractivity contribution in [1.82, 2.24) is 10.3 Å². The van der Waals surface area contributed by atoms with Gasteiger partial charge in [-0.2, -0.15) is 0 Å². The predicted molar refractivity (Wildman–Crippen MR) is 76.4 cm³/mol. The van der Waals surface area contributed by atoms with Gasteiger partial charge in [0.15, 0.2) is 0 Å². The van der Waals surface area contributed by atoms with Crippen LogP contribution in [0, 0.1) is 5.41 Å². The van der Waals surface area contributed by atoms with Gasteiger partial charge >= 0.3 is 5.97 Å². The number of nitrogens with one attached hydrogen (secondary N) is 1. The summed E-state index contributed by atoms with van der Waals surface area (Å²) in [6.45, 7) is 3.98. The van der Waals surface area contributed by atoms with Crippen LogP contribution in [0.15, 0.2) is 24.5 Å². The Bertz CT molecular complexity index is 392. The van der Waals surface area contributed by atoms with Gasteiger partial charge in [-0.1, -0.05) is 0 Å². The van der Waals surface area contributed by atoms with Gasteiger partial charge in [0.25, 0.3) is 0 Å². The van der Waals surface area contributed by atoms with Crippen molar-refractivity contribution in [2.24, 2.45) is 5.41 Å². The van der Waals surface area contributed by atoms with Crippen molar-refractivity contribution in [1.29, 1.82) is 0 Å². The van der Waals surface area contributed by atoms with Gasteiger partial charge in [0, 0.05) is 18.9 Å². The standard InChI is InChI=1S/C14H20N2O2.ClH/c1-2-18-13(17)14(6-3-7-16-11-14)10-12-4-8-15-9-5-12;/h4-5,8-9,16H,2-3,6-7,10-11H2,1H3;1H. The molecule has 0 bridgehead atoms. The van der Waals surface area contributed by atoms with Crippen LogP contribution >= 0.6 is 12.4 Å². The van der Waals surface area contributed by atoms with Crippen molar-refractivity contribution >= 4 is 18.4 Å². The molecule has 2 rings (SSSR count). The lowest BCUT2D eigenvalue weighted by Crippen LogP contribution is -2.47. The molecule has 1 aliphatic heterocycles. The van der Waals surface area contributed by atoms with Crippen LogP contribution in [0.1, 0.15) is 25.3 Å². The summed E-state index contributed by atoms with van der Waals surface area (Å²) in [5.74, 6) is -0.0750. The summed E-state index contributed by atoms with van der Waals surface area (Å²) < 4.78 is 5.26. The zero-order chi connectivity index (χ0) is 12.8. The third-order valence-corrected chi connectivity index (χ3v) is 3.47. The van der Waals surface area contributed by atoms with Crippen LogP contribution in [0.2, 0.25) is 0 Å². The molecule has 0 amide bonds. The van der Waals surface area contributed by atoms with Gasteiger partial charge in [-0.25, -0.2) is 0 Å². The second-order valence-corrected chi connectivity index (χ2v) is 4.81. The van der Waals surface area contributed by atoms with E-state index in [-0.39, 0.29) is 18.4 Å². The highest BCUT2D eigenvalue weighted by Gasteiger charge is 2.40. The molecular formula is C14H21ClN2O2. The van der Waals surface area contributed by atoms with Gasteiger partial charge in [-0.15, -0.1) is 12.4 Å². The van der Waals surface area contributed by atoms with E-state index in [9.17, 15) is 4.79 Å². The summed E-state index contributed by atoms with van der Waals surface area (Å²) in [7, 11) is 0. The van der Waals surface area contributed by atoms with Crippen LogP contribution in [0.25, 0.3) is 0 Å². The minimum atomic E-state index is -0.407. The Labute approximate surface area is 120 Å². The van der Waals surface area contributed by atoms with Crippen molar-refractivity contribution in [3.05, 3.63) is 30.1 Å². The number of ether oxygens (including phenoxy) is 1. The van der Waals surface area contributed by atoms with Crippen LogP contribution in [-0.4, -0.2) is 30.6 Å². The molecule has 1 N–H and O–H groups in total. The molecular weight excluding hydrogens is 264 g/mol. The van der Waals surface area contributed by atoms with Crippen molar-refractivity contribution in [3.8, 4) is 0 Å². The lowest BCUT2D eigenvalue weighted by Gasteiger charge is -2.35. The third kappa shape index (κ3) is 3.91. The maximum Gasteiger partial charge on any atom is 0.313 e. The Morgan fingerprint density at radius 1 is 1.47 bits per heavy atom. The van der Waals surface area contributed by atoms with Gasteiger partial charge < -0.3 is 10.1 Å². The van der Waals surface area contributed by atoms with Crippen molar-refractivity contribution < 1.29 is 9.53 Å². The molecule has 1 saturated heterocycles. The number of esters is 1. The molecule has 0 aliphatic carbocycles. The molecule has 106 valence electrons. The molecule has 1 unspecified atom stereocenters. The van der Waals surface area contributed by atoms with Gasteiger partial charge in [0.2, 0.25) is 0 Å². The molecule has 5 heteroatoms. The van der Waals surface area contributed by atoms with E-state index >= 15 is 0 Å².